The number of benzene rings is 2. The lowest BCUT2D eigenvalue weighted by Crippen LogP contribution is -2.61. The smallest absolute Gasteiger partial charge is 0.485 e. The summed E-state index contributed by atoms with van der Waals surface area (Å²) in [5.74, 6) is 0.783. The lowest BCUT2D eigenvalue weighted by Gasteiger charge is -2.50. The van der Waals surface area contributed by atoms with Crippen molar-refractivity contribution in [1.29, 1.82) is 0 Å². The van der Waals surface area contributed by atoms with Crippen molar-refractivity contribution in [2.24, 2.45) is 5.92 Å². The summed E-state index contributed by atoms with van der Waals surface area (Å²) in [6.45, 7) is 3.57. The predicted octanol–water partition coefficient (Wildman–Crippen LogP) is 4.51. The molecule has 2 aromatic carbocycles. The van der Waals surface area contributed by atoms with Crippen LogP contribution in [0.3, 0.4) is 0 Å². The molecule has 2 aromatic rings. The highest BCUT2D eigenvalue weighted by Gasteiger charge is 2.51. The number of piperidine rings is 3. The molecule has 0 aliphatic carbocycles. The second kappa shape index (κ2) is 7.83. The molecule has 1 unspecified atom stereocenters. The van der Waals surface area contributed by atoms with Crippen LogP contribution in [0.25, 0.3) is 0 Å². The molecule has 0 aromatic heterocycles. The Labute approximate surface area is 172 Å². The highest BCUT2D eigenvalue weighted by atomic mass is 19.4. The van der Waals surface area contributed by atoms with Crippen molar-refractivity contribution < 1.29 is 32.5 Å². The van der Waals surface area contributed by atoms with Crippen molar-refractivity contribution in [2.75, 3.05) is 19.6 Å². The van der Waals surface area contributed by atoms with Crippen molar-refractivity contribution in [3.63, 3.8) is 0 Å². The van der Waals surface area contributed by atoms with Gasteiger partial charge in [-0.2, -0.15) is 13.2 Å². The van der Waals surface area contributed by atoms with Crippen LogP contribution in [0.15, 0.2) is 48.5 Å². The Morgan fingerprint density at radius 2 is 1.77 bits per heavy atom. The SMILES string of the molecule is O=C(O)C(F)(F)F.c1ccc(Oc2ccc3c(c2)CC2(CN4CCC2CC4)O3)cc1. The Morgan fingerprint density at radius 3 is 2.33 bits per heavy atom. The fourth-order valence-electron chi connectivity index (χ4n) is 4.50. The van der Waals surface area contributed by atoms with E-state index in [0.717, 1.165) is 30.2 Å². The number of alkyl halides is 3. The summed E-state index contributed by atoms with van der Waals surface area (Å²) in [5.41, 5.74) is 1.32. The van der Waals surface area contributed by atoms with Gasteiger partial charge in [-0.05, 0) is 56.3 Å². The zero-order valence-corrected chi connectivity index (χ0v) is 16.2. The fraction of sp³-hybridized carbons (Fsp3) is 0.409. The molecule has 0 radical (unpaired) electrons. The maximum absolute atomic E-state index is 10.6. The standard InChI is InChI=1S/C20H21NO2.C2HF3O2/c1-2-4-17(5-3-1)22-18-6-7-19-15(12-18)13-20(23-19)14-21-10-8-16(20)9-11-21;3-2(4,5)1(6)7/h1-7,12,16H,8-11,13-14H2;(H,6,7). The van der Waals surface area contributed by atoms with Crippen LogP contribution in [-0.2, 0) is 11.2 Å². The van der Waals surface area contributed by atoms with E-state index >= 15 is 0 Å². The zero-order valence-electron chi connectivity index (χ0n) is 16.2. The molecular formula is C22H22F3NO4. The lowest BCUT2D eigenvalue weighted by molar-refractivity contribution is -0.192. The molecule has 3 fully saturated rings. The van der Waals surface area contributed by atoms with Gasteiger partial charge in [-0.3, -0.25) is 4.90 Å². The summed E-state index contributed by atoms with van der Waals surface area (Å²) < 4.78 is 44.2. The van der Waals surface area contributed by atoms with Crippen molar-refractivity contribution in [2.45, 2.75) is 31.0 Å². The predicted molar refractivity (Wildman–Crippen MR) is 103 cm³/mol. The third-order valence-corrected chi connectivity index (χ3v) is 5.88. The van der Waals surface area contributed by atoms with Gasteiger partial charge >= 0.3 is 12.1 Å². The average molecular weight is 421 g/mol. The van der Waals surface area contributed by atoms with Crippen LogP contribution in [0.1, 0.15) is 18.4 Å². The summed E-state index contributed by atoms with van der Waals surface area (Å²) in [6.07, 6.45) is -1.50. The normalized spacial score (nSPS) is 26.4. The molecule has 1 N–H and O–H groups in total. The lowest BCUT2D eigenvalue weighted by atomic mass is 9.73. The Morgan fingerprint density at radius 1 is 1.10 bits per heavy atom. The number of nitrogens with zero attached hydrogens (tertiary/aromatic N) is 1. The molecule has 30 heavy (non-hydrogen) atoms. The molecule has 0 saturated carbocycles. The van der Waals surface area contributed by atoms with Crippen LogP contribution in [0.5, 0.6) is 17.2 Å². The monoisotopic (exact) mass is 421 g/mol. The Kier molecular flexibility index (Phi) is 5.36. The Balaban J connectivity index is 0.000000272. The molecule has 2 bridgehead atoms. The van der Waals surface area contributed by atoms with Crippen molar-refractivity contribution in [3.05, 3.63) is 54.1 Å². The number of ether oxygens (including phenoxy) is 2. The van der Waals surface area contributed by atoms with Gasteiger partial charge in [0.2, 0.25) is 0 Å². The van der Waals surface area contributed by atoms with E-state index in [4.69, 9.17) is 19.4 Å². The topological polar surface area (TPSA) is 59.0 Å². The molecule has 3 saturated heterocycles. The van der Waals surface area contributed by atoms with E-state index in [1.807, 2.05) is 36.4 Å². The number of halogens is 3. The second-order valence-electron chi connectivity index (χ2n) is 7.88. The molecule has 4 heterocycles. The van der Waals surface area contributed by atoms with E-state index in [1.54, 1.807) is 0 Å². The van der Waals surface area contributed by atoms with E-state index in [2.05, 4.69) is 17.0 Å². The first-order chi connectivity index (χ1) is 14.2. The van der Waals surface area contributed by atoms with Gasteiger partial charge in [0.05, 0.1) is 0 Å². The first-order valence-electron chi connectivity index (χ1n) is 9.82. The number of fused-ring (bicyclic) bond motifs is 3. The van der Waals surface area contributed by atoms with E-state index < -0.39 is 12.1 Å². The minimum Gasteiger partial charge on any atom is -0.485 e. The minimum atomic E-state index is -5.08. The van der Waals surface area contributed by atoms with Gasteiger partial charge in [0.15, 0.2) is 0 Å². The largest absolute Gasteiger partial charge is 0.490 e. The van der Waals surface area contributed by atoms with Gasteiger partial charge in [0.25, 0.3) is 0 Å². The number of para-hydroxylation sites is 1. The number of carbonyl (C=O) groups is 1. The van der Waals surface area contributed by atoms with E-state index in [-0.39, 0.29) is 5.60 Å². The molecule has 8 heteroatoms. The zero-order chi connectivity index (χ0) is 21.4. The number of carboxylic acid groups (broad SMARTS) is 1. The molecule has 4 aliphatic rings. The third kappa shape index (κ3) is 4.23. The van der Waals surface area contributed by atoms with Gasteiger partial charge in [-0.25, -0.2) is 4.79 Å². The molecule has 6 rings (SSSR count). The van der Waals surface area contributed by atoms with Crippen LogP contribution in [-0.4, -0.2) is 47.4 Å². The van der Waals surface area contributed by atoms with Crippen molar-refractivity contribution >= 4 is 5.97 Å². The van der Waals surface area contributed by atoms with Gasteiger partial charge in [0.1, 0.15) is 22.8 Å². The van der Waals surface area contributed by atoms with Crippen LogP contribution in [0, 0.1) is 5.92 Å². The second-order valence-corrected chi connectivity index (χ2v) is 7.88. The number of hydrogen-bond donors (Lipinski definition) is 1. The number of carboxylic acids is 1. The number of rotatable bonds is 2. The van der Waals surface area contributed by atoms with E-state index in [1.165, 1.54) is 31.5 Å². The maximum atomic E-state index is 10.6. The van der Waals surface area contributed by atoms with E-state index in [9.17, 15) is 13.2 Å². The van der Waals surface area contributed by atoms with Crippen LogP contribution in [0.4, 0.5) is 13.2 Å². The van der Waals surface area contributed by atoms with Gasteiger partial charge in [0, 0.05) is 24.4 Å². The van der Waals surface area contributed by atoms with E-state index in [0.29, 0.717) is 5.92 Å². The van der Waals surface area contributed by atoms with Crippen LogP contribution >= 0.6 is 0 Å². The molecule has 0 amide bonds. The van der Waals surface area contributed by atoms with Crippen molar-refractivity contribution in [1.82, 2.24) is 4.90 Å². The summed E-state index contributed by atoms with van der Waals surface area (Å²) in [7, 11) is 0. The van der Waals surface area contributed by atoms with Gasteiger partial charge in [-0.1, -0.05) is 18.2 Å². The quantitative estimate of drug-likeness (QED) is 0.773. The average Bonchev–Trinajstić information content (AvgIpc) is 3.06. The summed E-state index contributed by atoms with van der Waals surface area (Å²) in [5, 5.41) is 7.12. The van der Waals surface area contributed by atoms with Gasteiger partial charge in [-0.15, -0.1) is 0 Å². The van der Waals surface area contributed by atoms with Crippen LogP contribution < -0.4 is 9.47 Å². The molecular weight excluding hydrogens is 399 g/mol. The number of hydrogen-bond acceptors (Lipinski definition) is 4. The minimum absolute atomic E-state index is 0.0181. The first kappa shape index (κ1) is 20.5. The van der Waals surface area contributed by atoms with Crippen molar-refractivity contribution in [3.8, 4) is 17.2 Å². The molecule has 5 nitrogen and oxygen atoms in total. The Bertz CT molecular complexity index is 910. The maximum Gasteiger partial charge on any atom is 0.490 e. The summed E-state index contributed by atoms with van der Waals surface area (Å²) >= 11 is 0. The molecule has 160 valence electrons. The van der Waals surface area contributed by atoms with Crippen LogP contribution in [0.2, 0.25) is 0 Å². The number of aliphatic carboxylic acids is 1. The Hall–Kier alpha value is -2.74. The first-order valence-corrected chi connectivity index (χ1v) is 9.82. The fourth-order valence-corrected chi connectivity index (χ4v) is 4.50. The van der Waals surface area contributed by atoms with Gasteiger partial charge < -0.3 is 14.6 Å². The highest BCUT2D eigenvalue weighted by molar-refractivity contribution is 5.73. The third-order valence-electron chi connectivity index (χ3n) is 5.88. The summed E-state index contributed by atoms with van der Waals surface area (Å²) in [6, 6.07) is 16.2. The summed E-state index contributed by atoms with van der Waals surface area (Å²) in [4.78, 5) is 11.5. The molecule has 1 spiro atoms. The molecule has 4 aliphatic heterocycles. The highest BCUT2D eigenvalue weighted by Crippen LogP contribution is 2.47. The molecule has 1 atom stereocenters.